The number of alkyl carbamates (subject to hydrolysis) is 1. The first kappa shape index (κ1) is 29.0. The van der Waals surface area contributed by atoms with Crippen LogP contribution in [0.1, 0.15) is 39.7 Å². The molecule has 0 saturated carbocycles. The quantitative estimate of drug-likeness (QED) is 0.299. The molecule has 1 aromatic rings. The van der Waals surface area contributed by atoms with Crippen molar-refractivity contribution in [2.75, 3.05) is 0 Å². The Morgan fingerprint density at radius 2 is 1.70 bits per heavy atom. The van der Waals surface area contributed by atoms with Gasteiger partial charge in [0.2, 0.25) is 5.78 Å². The number of benzene rings is 1. The standard InChI is InChI=1S/C19H30N2O7S.Na.H/c1-12(2)10-15(21-18(23)28-11-14-8-6-5-7-9-14)17(22)19(24,29(25,26)27)16(20)13(3)4;;/h5-9,12-13,15-16,24H,10-11,20H2,1-4H3,(H,21,23)(H,25,26,27);;/t15-,16?,19?;;/m0../s1. The third kappa shape index (κ3) is 7.60. The summed E-state index contributed by atoms with van der Waals surface area (Å²) in [6, 6.07) is 5.76. The molecule has 1 amide bonds. The van der Waals surface area contributed by atoms with Crippen LogP contribution in [0.3, 0.4) is 0 Å². The number of rotatable bonds is 10. The van der Waals surface area contributed by atoms with Crippen molar-refractivity contribution in [3.63, 3.8) is 0 Å². The fourth-order valence-corrected chi connectivity index (χ4v) is 3.79. The molecule has 1 rings (SSSR count). The van der Waals surface area contributed by atoms with Crippen molar-refractivity contribution in [1.29, 1.82) is 0 Å². The summed E-state index contributed by atoms with van der Waals surface area (Å²) in [5.74, 6) is -2.12. The average molecular weight is 455 g/mol. The van der Waals surface area contributed by atoms with E-state index in [-0.39, 0.29) is 48.5 Å². The molecule has 0 fully saturated rings. The summed E-state index contributed by atoms with van der Waals surface area (Å²) in [5.41, 5.74) is 6.48. The number of ether oxygens (including phenoxy) is 1. The van der Waals surface area contributed by atoms with Gasteiger partial charge in [-0.1, -0.05) is 58.0 Å². The summed E-state index contributed by atoms with van der Waals surface area (Å²) in [6.07, 6.45) is -0.967. The Morgan fingerprint density at radius 3 is 2.13 bits per heavy atom. The van der Waals surface area contributed by atoms with Gasteiger partial charge in [-0.25, -0.2) is 4.79 Å². The van der Waals surface area contributed by atoms with Gasteiger partial charge in [0.25, 0.3) is 4.93 Å². The van der Waals surface area contributed by atoms with Crippen LogP contribution in [0.15, 0.2) is 30.3 Å². The molecule has 3 atom stereocenters. The SMILES string of the molecule is CC(C)C[C@H](NC(=O)OCc1ccccc1)C(=O)C(O)(C(N)C(C)C)S(=O)(=O)O.[NaH]. The summed E-state index contributed by atoms with van der Waals surface area (Å²) in [6.45, 7) is 6.40. The number of ketones is 1. The molecule has 1 aromatic carbocycles. The summed E-state index contributed by atoms with van der Waals surface area (Å²) >= 11 is 0. The molecule has 0 bridgehead atoms. The third-order valence-corrected chi connectivity index (χ3v) is 5.70. The number of carbonyl (C=O) groups is 2. The van der Waals surface area contributed by atoms with Gasteiger partial charge in [-0.2, -0.15) is 8.42 Å². The Bertz CT molecular complexity index is 802. The Hall–Kier alpha value is -1.01. The van der Waals surface area contributed by atoms with E-state index in [4.69, 9.17) is 10.5 Å². The number of amides is 1. The number of hydrogen-bond acceptors (Lipinski definition) is 7. The number of hydrogen-bond donors (Lipinski definition) is 4. The van der Waals surface area contributed by atoms with Crippen molar-refractivity contribution in [3.8, 4) is 0 Å². The average Bonchev–Trinajstić information content (AvgIpc) is 2.63. The summed E-state index contributed by atoms with van der Waals surface area (Å²) in [4.78, 5) is 21.9. The topological polar surface area (TPSA) is 156 Å². The molecule has 0 aliphatic rings. The predicted octanol–water partition coefficient (Wildman–Crippen LogP) is 0.808. The zero-order chi connectivity index (χ0) is 22.4. The summed E-state index contributed by atoms with van der Waals surface area (Å²) in [7, 11) is -5.29. The molecule has 0 aromatic heterocycles. The molecule has 0 saturated heterocycles. The number of nitrogens with one attached hydrogen (secondary N) is 1. The summed E-state index contributed by atoms with van der Waals surface area (Å²) < 4.78 is 38.4. The zero-order valence-electron chi connectivity index (χ0n) is 17.0. The second-order valence-electron chi connectivity index (χ2n) is 7.69. The van der Waals surface area contributed by atoms with E-state index in [9.17, 15) is 27.7 Å². The van der Waals surface area contributed by atoms with E-state index in [1.807, 2.05) is 0 Å². The molecule has 9 nitrogen and oxygen atoms in total. The Kier molecular flexibility index (Phi) is 11.7. The van der Waals surface area contributed by atoms with E-state index in [0.29, 0.717) is 5.56 Å². The van der Waals surface area contributed by atoms with Crippen molar-refractivity contribution in [2.24, 2.45) is 17.6 Å². The molecule has 0 radical (unpaired) electrons. The Morgan fingerprint density at radius 1 is 1.17 bits per heavy atom. The van der Waals surface area contributed by atoms with E-state index < -0.39 is 44.9 Å². The van der Waals surface area contributed by atoms with Crippen molar-refractivity contribution < 1.29 is 32.4 Å². The number of carbonyl (C=O) groups excluding carboxylic acids is 2. The molecule has 166 valence electrons. The molecule has 0 spiro atoms. The second kappa shape index (κ2) is 12.1. The minimum atomic E-state index is -5.29. The normalized spacial score (nSPS) is 15.6. The first-order valence-corrected chi connectivity index (χ1v) is 10.7. The predicted molar refractivity (Wildman–Crippen MR) is 114 cm³/mol. The van der Waals surface area contributed by atoms with Crippen LogP contribution in [-0.4, -0.2) is 76.5 Å². The van der Waals surface area contributed by atoms with Gasteiger partial charge in [-0.15, -0.1) is 0 Å². The van der Waals surface area contributed by atoms with E-state index in [0.717, 1.165) is 0 Å². The molecule has 5 N–H and O–H groups in total. The molecular weight excluding hydrogens is 423 g/mol. The van der Waals surface area contributed by atoms with E-state index in [1.165, 1.54) is 13.8 Å². The minimum absolute atomic E-state index is 0. The molecule has 0 aliphatic carbocycles. The fourth-order valence-electron chi connectivity index (χ4n) is 2.77. The van der Waals surface area contributed by atoms with Crippen LogP contribution in [-0.2, 0) is 26.3 Å². The molecule has 11 heteroatoms. The van der Waals surface area contributed by atoms with Crippen LogP contribution in [0.2, 0.25) is 0 Å². The van der Waals surface area contributed by atoms with Crippen molar-refractivity contribution in [2.45, 2.75) is 57.7 Å². The van der Waals surface area contributed by atoms with E-state index >= 15 is 0 Å². The van der Waals surface area contributed by atoms with E-state index in [2.05, 4.69) is 5.32 Å². The van der Waals surface area contributed by atoms with Crippen LogP contribution in [0, 0.1) is 11.8 Å². The second-order valence-corrected chi connectivity index (χ2v) is 9.27. The van der Waals surface area contributed by atoms with Gasteiger partial charge in [-0.3, -0.25) is 9.35 Å². The van der Waals surface area contributed by atoms with Gasteiger partial charge >= 0.3 is 45.8 Å². The fraction of sp³-hybridized carbons (Fsp3) is 0.579. The number of nitrogens with two attached hydrogens (primary N) is 1. The summed E-state index contributed by atoms with van der Waals surface area (Å²) in [5, 5.41) is 12.9. The van der Waals surface area contributed by atoms with Crippen LogP contribution in [0.25, 0.3) is 0 Å². The molecule has 0 heterocycles. The van der Waals surface area contributed by atoms with Crippen molar-refractivity contribution in [1.82, 2.24) is 5.32 Å². The van der Waals surface area contributed by atoms with Gasteiger partial charge in [0.1, 0.15) is 6.61 Å². The molecule has 0 aliphatic heterocycles. The monoisotopic (exact) mass is 454 g/mol. The van der Waals surface area contributed by atoms with E-state index in [1.54, 1.807) is 44.2 Å². The first-order valence-electron chi connectivity index (χ1n) is 9.27. The van der Waals surface area contributed by atoms with Gasteiger partial charge in [0.15, 0.2) is 0 Å². The van der Waals surface area contributed by atoms with Gasteiger partial charge in [0, 0.05) is 0 Å². The van der Waals surface area contributed by atoms with Gasteiger partial charge in [0.05, 0.1) is 12.1 Å². The van der Waals surface area contributed by atoms with Crippen molar-refractivity contribution in [3.05, 3.63) is 35.9 Å². The van der Waals surface area contributed by atoms with Crippen LogP contribution >= 0.6 is 0 Å². The molecular formula is C19H31N2NaO7S. The Balaban J connectivity index is 0.00000841. The zero-order valence-corrected chi connectivity index (χ0v) is 17.8. The molecule has 30 heavy (non-hydrogen) atoms. The maximum atomic E-state index is 13.0. The third-order valence-electron chi connectivity index (χ3n) is 4.44. The van der Waals surface area contributed by atoms with Gasteiger partial charge in [-0.05, 0) is 23.8 Å². The van der Waals surface area contributed by atoms with Crippen LogP contribution in [0.5, 0.6) is 0 Å². The van der Waals surface area contributed by atoms with Crippen molar-refractivity contribution >= 4 is 51.6 Å². The number of Topliss-reactive ketones (excluding diaryl/α,β-unsaturated/α-hetero) is 1. The molecule has 2 unspecified atom stereocenters. The number of aliphatic hydroxyl groups is 1. The maximum absolute atomic E-state index is 13.0. The van der Waals surface area contributed by atoms with Gasteiger partial charge < -0.3 is 20.9 Å². The first-order chi connectivity index (χ1) is 13.3. The van der Waals surface area contributed by atoms with Crippen LogP contribution < -0.4 is 11.1 Å². The van der Waals surface area contributed by atoms with Crippen LogP contribution in [0.4, 0.5) is 4.79 Å². The Labute approximate surface area is 199 Å².